The van der Waals surface area contributed by atoms with E-state index in [-0.39, 0.29) is 11.8 Å². The molecule has 0 aliphatic heterocycles. The van der Waals surface area contributed by atoms with Crippen molar-refractivity contribution in [3.8, 4) is 17.1 Å². The lowest BCUT2D eigenvalue weighted by Gasteiger charge is -2.05. The molecule has 1 aromatic carbocycles. The molecule has 0 bridgehead atoms. The Morgan fingerprint density at radius 1 is 1.28 bits per heavy atom. The second-order valence-electron chi connectivity index (χ2n) is 5.15. The number of carbonyl (C=O) groups excluding carboxylic acids is 1. The number of ether oxygens (including phenoxy) is 1. The number of nitrogens with zero attached hydrogens (tertiary/aromatic N) is 4. The van der Waals surface area contributed by atoms with Crippen LogP contribution < -0.4 is 10.1 Å². The highest BCUT2D eigenvalue weighted by Crippen LogP contribution is 2.20. The first-order valence-electron chi connectivity index (χ1n) is 7.64. The predicted octanol–water partition coefficient (Wildman–Crippen LogP) is 2.67. The quantitative estimate of drug-likeness (QED) is 0.771. The number of rotatable bonds is 5. The van der Waals surface area contributed by atoms with Crippen LogP contribution >= 0.6 is 0 Å². The van der Waals surface area contributed by atoms with Gasteiger partial charge in [0, 0.05) is 24.9 Å². The summed E-state index contributed by atoms with van der Waals surface area (Å²) in [5.41, 5.74) is 1.60. The molecule has 0 atom stereocenters. The zero-order valence-electron chi connectivity index (χ0n) is 13.7. The minimum Gasteiger partial charge on any atom is -0.478 e. The Balaban J connectivity index is 1.81. The van der Waals surface area contributed by atoms with E-state index in [2.05, 4.69) is 20.4 Å². The topological polar surface area (TPSA) is 81.9 Å². The predicted molar refractivity (Wildman–Crippen MR) is 89.8 cm³/mol. The number of anilines is 1. The Morgan fingerprint density at radius 2 is 2.04 bits per heavy atom. The first-order valence-corrected chi connectivity index (χ1v) is 7.64. The van der Waals surface area contributed by atoms with Gasteiger partial charge in [-0.3, -0.25) is 14.8 Å². The molecule has 8 heteroatoms. The number of halogens is 1. The molecule has 1 amide bonds. The van der Waals surface area contributed by atoms with Crippen molar-refractivity contribution < 1.29 is 13.9 Å². The largest absolute Gasteiger partial charge is 0.478 e. The Hall–Kier alpha value is -3.29. The van der Waals surface area contributed by atoms with Gasteiger partial charge in [-0.25, -0.2) is 9.37 Å². The van der Waals surface area contributed by atoms with Crippen LogP contribution in [0.2, 0.25) is 0 Å². The highest BCUT2D eigenvalue weighted by atomic mass is 19.1. The highest BCUT2D eigenvalue weighted by molar-refractivity contribution is 6.02. The van der Waals surface area contributed by atoms with Gasteiger partial charge in [0.05, 0.1) is 12.3 Å². The Labute approximate surface area is 143 Å². The smallest absolute Gasteiger partial charge is 0.276 e. The van der Waals surface area contributed by atoms with Gasteiger partial charge in [-0.15, -0.1) is 0 Å². The molecule has 0 saturated carbocycles. The molecule has 1 N–H and O–H groups in total. The van der Waals surface area contributed by atoms with Crippen LogP contribution in [0.4, 0.5) is 10.3 Å². The lowest BCUT2D eigenvalue weighted by Crippen LogP contribution is -2.17. The molecule has 0 aliphatic carbocycles. The molecule has 0 aliphatic rings. The van der Waals surface area contributed by atoms with Crippen molar-refractivity contribution in [3.63, 3.8) is 0 Å². The lowest BCUT2D eigenvalue weighted by molar-refractivity contribution is 0.101. The van der Waals surface area contributed by atoms with Gasteiger partial charge in [0.25, 0.3) is 5.91 Å². The molecule has 128 valence electrons. The maximum atomic E-state index is 13.0. The molecule has 0 unspecified atom stereocenters. The Kier molecular flexibility index (Phi) is 4.69. The third-order valence-corrected chi connectivity index (χ3v) is 3.40. The van der Waals surface area contributed by atoms with Crippen molar-refractivity contribution in [1.29, 1.82) is 0 Å². The van der Waals surface area contributed by atoms with E-state index < -0.39 is 5.91 Å². The highest BCUT2D eigenvalue weighted by Gasteiger charge is 2.16. The summed E-state index contributed by atoms with van der Waals surface area (Å²) in [6.07, 6.45) is 1.50. The van der Waals surface area contributed by atoms with Crippen LogP contribution in [0.15, 0.2) is 42.6 Å². The van der Waals surface area contributed by atoms with Gasteiger partial charge in [0.1, 0.15) is 11.5 Å². The van der Waals surface area contributed by atoms with E-state index in [1.165, 1.54) is 23.0 Å². The van der Waals surface area contributed by atoms with Crippen molar-refractivity contribution in [3.05, 3.63) is 54.1 Å². The molecule has 0 fully saturated rings. The van der Waals surface area contributed by atoms with Crippen LogP contribution in [0.1, 0.15) is 17.4 Å². The van der Waals surface area contributed by atoms with Crippen LogP contribution in [0.5, 0.6) is 5.88 Å². The second-order valence-corrected chi connectivity index (χ2v) is 5.15. The Bertz CT molecular complexity index is 892. The van der Waals surface area contributed by atoms with Gasteiger partial charge in [-0.2, -0.15) is 10.1 Å². The molecule has 0 radical (unpaired) electrons. The first-order chi connectivity index (χ1) is 12.1. The molecule has 7 nitrogen and oxygen atoms in total. The lowest BCUT2D eigenvalue weighted by atomic mass is 10.1. The third-order valence-electron chi connectivity index (χ3n) is 3.40. The van der Waals surface area contributed by atoms with Crippen molar-refractivity contribution in [1.82, 2.24) is 19.7 Å². The molecule has 0 saturated heterocycles. The Morgan fingerprint density at radius 3 is 2.76 bits per heavy atom. The number of aryl methyl sites for hydroxylation is 1. The molecular weight excluding hydrogens is 325 g/mol. The number of aromatic nitrogens is 4. The number of carbonyl (C=O) groups is 1. The average Bonchev–Trinajstić information content (AvgIpc) is 2.98. The monoisotopic (exact) mass is 341 g/mol. The number of nitrogens with one attached hydrogen (secondary N) is 1. The summed E-state index contributed by atoms with van der Waals surface area (Å²) in [5, 5.41) is 6.90. The summed E-state index contributed by atoms with van der Waals surface area (Å²) in [4.78, 5) is 20.5. The minimum absolute atomic E-state index is 0.139. The summed E-state index contributed by atoms with van der Waals surface area (Å²) in [6.45, 7) is 2.31. The van der Waals surface area contributed by atoms with Crippen molar-refractivity contribution in [2.75, 3.05) is 11.9 Å². The molecule has 2 heterocycles. The zero-order chi connectivity index (χ0) is 17.8. The SMILES string of the molecule is CCOc1ccnc(NC(=O)c2cc(-c3ccc(F)cc3)nn2C)n1. The van der Waals surface area contributed by atoms with E-state index in [9.17, 15) is 9.18 Å². The summed E-state index contributed by atoms with van der Waals surface area (Å²) >= 11 is 0. The van der Waals surface area contributed by atoms with Gasteiger partial charge in [-0.1, -0.05) is 0 Å². The minimum atomic E-state index is -0.406. The molecule has 3 aromatic rings. The summed E-state index contributed by atoms with van der Waals surface area (Å²) in [6, 6.07) is 9.13. The van der Waals surface area contributed by atoms with Crippen LogP contribution in [-0.4, -0.2) is 32.3 Å². The van der Waals surface area contributed by atoms with Crippen molar-refractivity contribution >= 4 is 11.9 Å². The number of benzene rings is 1. The average molecular weight is 341 g/mol. The van der Waals surface area contributed by atoms with E-state index in [1.54, 1.807) is 31.3 Å². The maximum absolute atomic E-state index is 13.0. The maximum Gasteiger partial charge on any atom is 0.276 e. The van der Waals surface area contributed by atoms with Gasteiger partial charge in [-0.05, 0) is 37.3 Å². The van der Waals surface area contributed by atoms with Crippen molar-refractivity contribution in [2.45, 2.75) is 6.92 Å². The molecular formula is C17H16FN5O2. The summed E-state index contributed by atoms with van der Waals surface area (Å²) < 4.78 is 19.8. The van der Waals surface area contributed by atoms with E-state index >= 15 is 0 Å². The van der Waals surface area contributed by atoms with E-state index in [4.69, 9.17) is 4.74 Å². The van der Waals surface area contributed by atoms with Crippen LogP contribution in [-0.2, 0) is 7.05 Å². The molecule has 25 heavy (non-hydrogen) atoms. The zero-order valence-corrected chi connectivity index (χ0v) is 13.7. The van der Waals surface area contributed by atoms with Crippen LogP contribution in [0, 0.1) is 5.82 Å². The van der Waals surface area contributed by atoms with Gasteiger partial charge in [0.15, 0.2) is 0 Å². The third kappa shape index (κ3) is 3.79. The number of amides is 1. The van der Waals surface area contributed by atoms with Gasteiger partial charge >= 0.3 is 0 Å². The normalized spacial score (nSPS) is 10.5. The van der Waals surface area contributed by atoms with Gasteiger partial charge in [0.2, 0.25) is 11.8 Å². The fraction of sp³-hybridized carbons (Fsp3) is 0.176. The van der Waals surface area contributed by atoms with E-state index in [0.717, 1.165) is 0 Å². The van der Waals surface area contributed by atoms with E-state index in [1.807, 2.05) is 6.92 Å². The standard InChI is InChI=1S/C17H16FN5O2/c1-3-25-15-8-9-19-17(20-15)21-16(24)14-10-13(22-23(14)2)11-4-6-12(18)7-5-11/h4-10H,3H2,1-2H3,(H,19,20,21,24). The van der Waals surface area contributed by atoms with Crippen molar-refractivity contribution in [2.24, 2.45) is 7.05 Å². The van der Waals surface area contributed by atoms with Crippen LogP contribution in [0.25, 0.3) is 11.3 Å². The molecule has 2 aromatic heterocycles. The van der Waals surface area contributed by atoms with Gasteiger partial charge < -0.3 is 4.74 Å². The second kappa shape index (κ2) is 7.08. The van der Waals surface area contributed by atoms with Crippen LogP contribution in [0.3, 0.4) is 0 Å². The first kappa shape index (κ1) is 16.6. The summed E-state index contributed by atoms with van der Waals surface area (Å²) in [7, 11) is 1.65. The fourth-order valence-electron chi connectivity index (χ4n) is 2.24. The van der Waals surface area contributed by atoms with E-state index in [0.29, 0.717) is 29.4 Å². The summed E-state index contributed by atoms with van der Waals surface area (Å²) in [5.74, 6) is -0.216. The molecule has 0 spiro atoms. The number of hydrogen-bond donors (Lipinski definition) is 1. The molecule has 3 rings (SSSR count). The fourth-order valence-corrected chi connectivity index (χ4v) is 2.24. The number of hydrogen-bond acceptors (Lipinski definition) is 5.